The summed E-state index contributed by atoms with van der Waals surface area (Å²) in [4.78, 5) is 8.02. The van der Waals surface area contributed by atoms with E-state index < -0.39 is 0 Å². The molecule has 0 saturated heterocycles. The molecule has 1 aromatic heterocycles. The maximum Gasteiger partial charge on any atom is 0.151 e. The molecule has 1 heterocycles. The lowest BCUT2D eigenvalue weighted by Gasteiger charge is -2.08. The van der Waals surface area contributed by atoms with Crippen LogP contribution in [0.25, 0.3) is 0 Å². The number of nitrogen functional groups attached to an aromatic ring is 1. The number of anilines is 3. The summed E-state index contributed by atoms with van der Waals surface area (Å²) in [7, 11) is 0. The maximum absolute atomic E-state index is 6.04. The number of rotatable bonds is 2. The van der Waals surface area contributed by atoms with E-state index in [1.165, 1.54) is 6.20 Å². The highest BCUT2D eigenvalue weighted by Crippen LogP contribution is 2.25. The van der Waals surface area contributed by atoms with E-state index in [1.54, 1.807) is 6.20 Å². The number of aryl methyl sites for hydroxylation is 1. The molecular weight excluding hydrogens is 224 g/mol. The lowest BCUT2D eigenvalue weighted by atomic mass is 10.2. The van der Waals surface area contributed by atoms with Gasteiger partial charge in [0.05, 0.1) is 23.1 Å². The number of benzene rings is 1. The summed E-state index contributed by atoms with van der Waals surface area (Å²) in [6, 6.07) is 5.71. The average molecular weight is 235 g/mol. The van der Waals surface area contributed by atoms with Gasteiger partial charge in [-0.05, 0) is 24.6 Å². The fraction of sp³-hybridized carbons (Fsp3) is 0.0909. The molecule has 4 nitrogen and oxygen atoms in total. The Kier molecular flexibility index (Phi) is 2.92. The van der Waals surface area contributed by atoms with E-state index in [1.807, 2.05) is 25.1 Å². The van der Waals surface area contributed by atoms with Crippen LogP contribution in [0.15, 0.2) is 30.6 Å². The van der Waals surface area contributed by atoms with Crippen LogP contribution >= 0.6 is 11.6 Å². The number of nitrogens with one attached hydrogen (secondary N) is 1. The van der Waals surface area contributed by atoms with Gasteiger partial charge >= 0.3 is 0 Å². The quantitative estimate of drug-likeness (QED) is 0.839. The molecule has 0 radical (unpaired) electrons. The van der Waals surface area contributed by atoms with E-state index in [2.05, 4.69) is 15.3 Å². The Bertz CT molecular complexity index is 513. The first-order valence-electron chi connectivity index (χ1n) is 4.76. The molecule has 3 N–H and O–H groups in total. The predicted octanol–water partition coefficient (Wildman–Crippen LogP) is 2.76. The molecule has 0 aliphatic heterocycles. The summed E-state index contributed by atoms with van der Waals surface area (Å²) in [5, 5.41) is 3.70. The molecular formula is C11H11ClN4. The second-order valence-corrected chi connectivity index (χ2v) is 3.84. The molecule has 16 heavy (non-hydrogen) atoms. The van der Waals surface area contributed by atoms with Gasteiger partial charge in [-0.1, -0.05) is 17.7 Å². The molecule has 0 spiro atoms. The van der Waals surface area contributed by atoms with Crippen LogP contribution in [0.4, 0.5) is 17.3 Å². The molecule has 0 aliphatic rings. The van der Waals surface area contributed by atoms with E-state index >= 15 is 0 Å². The minimum atomic E-state index is 0.369. The normalized spacial score (nSPS) is 10.1. The van der Waals surface area contributed by atoms with Crippen molar-refractivity contribution in [3.05, 3.63) is 41.2 Å². The Balaban J connectivity index is 2.30. The largest absolute Gasteiger partial charge is 0.382 e. The van der Waals surface area contributed by atoms with Gasteiger partial charge in [-0.2, -0.15) is 0 Å². The van der Waals surface area contributed by atoms with E-state index in [4.69, 9.17) is 17.3 Å². The molecule has 82 valence electrons. The summed E-state index contributed by atoms with van der Waals surface area (Å²) in [6.45, 7) is 1.99. The van der Waals surface area contributed by atoms with Gasteiger partial charge in [0.2, 0.25) is 0 Å². The third kappa shape index (κ3) is 2.41. The first kappa shape index (κ1) is 10.7. The van der Waals surface area contributed by atoms with E-state index in [0.29, 0.717) is 16.7 Å². The number of halogens is 1. The molecule has 0 saturated carbocycles. The summed E-state index contributed by atoms with van der Waals surface area (Å²) in [5.74, 6) is 0.946. The second-order valence-electron chi connectivity index (χ2n) is 3.44. The highest BCUT2D eigenvalue weighted by Gasteiger charge is 2.02. The van der Waals surface area contributed by atoms with Crippen LogP contribution in [0, 0.1) is 6.92 Å². The molecule has 0 bridgehead atoms. The summed E-state index contributed by atoms with van der Waals surface area (Å²) in [6.07, 6.45) is 3.08. The first-order chi connectivity index (χ1) is 7.65. The van der Waals surface area contributed by atoms with Crippen LogP contribution in [-0.4, -0.2) is 9.97 Å². The van der Waals surface area contributed by atoms with Gasteiger partial charge in [0, 0.05) is 0 Å². The standard InChI is InChI=1S/C11H11ClN4/c1-7-2-3-8(12)9(4-7)15-11-6-14-5-10(13)16-11/h2-6H,1H3,(H3,13,15,16). The van der Waals surface area contributed by atoms with Crippen molar-refractivity contribution < 1.29 is 0 Å². The van der Waals surface area contributed by atoms with Crippen molar-refractivity contribution in [2.75, 3.05) is 11.1 Å². The topological polar surface area (TPSA) is 63.8 Å². The lowest BCUT2D eigenvalue weighted by molar-refractivity contribution is 1.21. The SMILES string of the molecule is Cc1ccc(Cl)c(Nc2cncc(N)n2)c1. The molecule has 5 heteroatoms. The van der Waals surface area contributed by atoms with Gasteiger partial charge in [-0.15, -0.1) is 0 Å². The Hall–Kier alpha value is -1.81. The summed E-state index contributed by atoms with van der Waals surface area (Å²) >= 11 is 6.04. The number of hydrogen-bond acceptors (Lipinski definition) is 4. The zero-order chi connectivity index (χ0) is 11.5. The lowest BCUT2D eigenvalue weighted by Crippen LogP contribution is -1.98. The van der Waals surface area contributed by atoms with E-state index in [-0.39, 0.29) is 0 Å². The number of nitrogens with zero attached hydrogens (tertiary/aromatic N) is 2. The Labute approximate surface area is 98.5 Å². The third-order valence-electron chi connectivity index (χ3n) is 2.04. The minimum Gasteiger partial charge on any atom is -0.382 e. The van der Waals surface area contributed by atoms with Crippen molar-refractivity contribution in [2.24, 2.45) is 0 Å². The zero-order valence-corrected chi connectivity index (χ0v) is 9.49. The average Bonchev–Trinajstić information content (AvgIpc) is 2.24. The third-order valence-corrected chi connectivity index (χ3v) is 2.37. The Morgan fingerprint density at radius 3 is 2.88 bits per heavy atom. The van der Waals surface area contributed by atoms with E-state index in [9.17, 15) is 0 Å². The predicted molar refractivity (Wildman–Crippen MR) is 65.9 cm³/mol. The van der Waals surface area contributed by atoms with Gasteiger partial charge in [0.25, 0.3) is 0 Å². The monoisotopic (exact) mass is 234 g/mol. The van der Waals surface area contributed by atoms with Crippen molar-refractivity contribution in [1.29, 1.82) is 0 Å². The van der Waals surface area contributed by atoms with Gasteiger partial charge in [0.15, 0.2) is 5.82 Å². The van der Waals surface area contributed by atoms with Gasteiger partial charge in [-0.25, -0.2) is 4.98 Å². The molecule has 0 amide bonds. The number of nitrogens with two attached hydrogens (primary N) is 1. The van der Waals surface area contributed by atoms with Crippen molar-refractivity contribution in [1.82, 2.24) is 9.97 Å². The van der Waals surface area contributed by atoms with Crippen LogP contribution in [0.5, 0.6) is 0 Å². The van der Waals surface area contributed by atoms with Gasteiger partial charge in [0.1, 0.15) is 5.82 Å². The molecule has 2 rings (SSSR count). The van der Waals surface area contributed by atoms with Gasteiger partial charge < -0.3 is 11.1 Å². The van der Waals surface area contributed by atoms with Crippen molar-refractivity contribution in [2.45, 2.75) is 6.92 Å². The van der Waals surface area contributed by atoms with Crippen LogP contribution in [0.1, 0.15) is 5.56 Å². The molecule has 1 aromatic carbocycles. The highest BCUT2D eigenvalue weighted by molar-refractivity contribution is 6.33. The summed E-state index contributed by atoms with van der Waals surface area (Å²) in [5.41, 5.74) is 7.44. The van der Waals surface area contributed by atoms with Crippen LogP contribution in [0.3, 0.4) is 0 Å². The van der Waals surface area contributed by atoms with Crippen molar-refractivity contribution >= 4 is 28.9 Å². The first-order valence-corrected chi connectivity index (χ1v) is 5.13. The fourth-order valence-corrected chi connectivity index (χ4v) is 1.48. The number of hydrogen-bond donors (Lipinski definition) is 2. The molecule has 0 atom stereocenters. The van der Waals surface area contributed by atoms with Gasteiger partial charge in [-0.3, -0.25) is 4.98 Å². The van der Waals surface area contributed by atoms with Crippen molar-refractivity contribution in [3.8, 4) is 0 Å². The maximum atomic E-state index is 6.04. The smallest absolute Gasteiger partial charge is 0.151 e. The second kappa shape index (κ2) is 4.37. The highest BCUT2D eigenvalue weighted by atomic mass is 35.5. The molecule has 0 fully saturated rings. The van der Waals surface area contributed by atoms with Crippen LogP contribution in [-0.2, 0) is 0 Å². The summed E-state index contributed by atoms with van der Waals surface area (Å²) < 4.78 is 0. The Morgan fingerprint density at radius 2 is 2.12 bits per heavy atom. The molecule has 0 unspecified atom stereocenters. The molecule has 0 aliphatic carbocycles. The zero-order valence-electron chi connectivity index (χ0n) is 8.74. The van der Waals surface area contributed by atoms with Crippen LogP contribution in [0.2, 0.25) is 5.02 Å². The Morgan fingerprint density at radius 1 is 1.31 bits per heavy atom. The van der Waals surface area contributed by atoms with Crippen molar-refractivity contribution in [3.63, 3.8) is 0 Å². The minimum absolute atomic E-state index is 0.369. The molecule has 2 aromatic rings. The van der Waals surface area contributed by atoms with Crippen LogP contribution < -0.4 is 11.1 Å². The number of aromatic nitrogens is 2. The van der Waals surface area contributed by atoms with E-state index in [0.717, 1.165) is 11.3 Å². The fourth-order valence-electron chi connectivity index (χ4n) is 1.31.